The van der Waals surface area contributed by atoms with E-state index in [4.69, 9.17) is 5.73 Å². The lowest BCUT2D eigenvalue weighted by atomic mass is 9.96. The van der Waals surface area contributed by atoms with Gasteiger partial charge in [-0.15, -0.1) is 0 Å². The van der Waals surface area contributed by atoms with E-state index in [1.54, 1.807) is 20.8 Å². The summed E-state index contributed by atoms with van der Waals surface area (Å²) in [7, 11) is 0. The molecule has 1 rings (SSSR count). The third kappa shape index (κ3) is 3.66. The normalized spacial score (nSPS) is 23.3. The van der Waals surface area contributed by atoms with Crippen molar-refractivity contribution in [2.45, 2.75) is 39.3 Å². The van der Waals surface area contributed by atoms with E-state index in [0.717, 1.165) is 0 Å². The van der Waals surface area contributed by atoms with Gasteiger partial charge in [0.25, 0.3) is 0 Å². The zero-order valence-electron chi connectivity index (χ0n) is 11.5. The van der Waals surface area contributed by atoms with Gasteiger partial charge < -0.3 is 21.1 Å². The number of hydrogen-bond acceptors (Lipinski definition) is 4. The second kappa shape index (κ2) is 5.56. The first-order chi connectivity index (χ1) is 8.64. The van der Waals surface area contributed by atoms with Crippen molar-refractivity contribution in [1.82, 2.24) is 10.2 Å². The van der Waals surface area contributed by atoms with Crippen LogP contribution in [0.15, 0.2) is 0 Å². The van der Waals surface area contributed by atoms with Gasteiger partial charge in [0.2, 0.25) is 17.7 Å². The lowest BCUT2D eigenvalue weighted by Crippen LogP contribution is -2.51. The van der Waals surface area contributed by atoms with Gasteiger partial charge in [-0.05, 0) is 6.42 Å². The summed E-state index contributed by atoms with van der Waals surface area (Å²) in [5, 5.41) is 12.1. The number of nitrogens with zero attached hydrogens (tertiary/aromatic N) is 1. The van der Waals surface area contributed by atoms with Gasteiger partial charge >= 0.3 is 0 Å². The van der Waals surface area contributed by atoms with Crippen LogP contribution in [-0.2, 0) is 14.4 Å². The van der Waals surface area contributed by atoms with Crippen LogP contribution in [0, 0.1) is 5.41 Å². The Morgan fingerprint density at radius 1 is 1.37 bits per heavy atom. The number of amides is 3. The summed E-state index contributed by atoms with van der Waals surface area (Å²) >= 11 is 0. The molecule has 2 atom stereocenters. The molecule has 19 heavy (non-hydrogen) atoms. The number of aliphatic hydroxyl groups excluding tert-OH is 1. The van der Waals surface area contributed by atoms with Gasteiger partial charge in [-0.1, -0.05) is 20.8 Å². The second-order valence-electron chi connectivity index (χ2n) is 5.72. The van der Waals surface area contributed by atoms with E-state index in [1.165, 1.54) is 4.90 Å². The van der Waals surface area contributed by atoms with E-state index in [-0.39, 0.29) is 19.0 Å². The van der Waals surface area contributed by atoms with Gasteiger partial charge in [0.15, 0.2) is 0 Å². The molecule has 7 nitrogen and oxygen atoms in total. The number of rotatable bonds is 3. The minimum Gasteiger partial charge on any atom is -0.390 e. The third-order valence-electron chi connectivity index (χ3n) is 3.06. The standard InChI is InChI=1S/C12H21N3O4/c1-12(2,3)11(19)14-6-8(17)15-5-4-7(16)9(15)10(13)18/h7,9,16H,4-6H2,1-3H3,(H2,13,18)(H,14,19)/t7-,9-/m0/s1. The predicted molar refractivity (Wildman–Crippen MR) is 67.8 cm³/mol. The Bertz CT molecular complexity index is 389. The average molecular weight is 271 g/mol. The van der Waals surface area contributed by atoms with Crippen molar-refractivity contribution in [3.8, 4) is 0 Å². The first-order valence-electron chi connectivity index (χ1n) is 6.19. The zero-order valence-corrected chi connectivity index (χ0v) is 11.5. The molecule has 0 radical (unpaired) electrons. The van der Waals surface area contributed by atoms with Crippen molar-refractivity contribution >= 4 is 17.7 Å². The maximum Gasteiger partial charge on any atom is 0.242 e. The molecule has 0 aromatic carbocycles. The van der Waals surface area contributed by atoms with Crippen LogP contribution in [0.5, 0.6) is 0 Å². The summed E-state index contributed by atoms with van der Waals surface area (Å²) in [5.74, 6) is -1.41. The molecule has 0 aliphatic carbocycles. The van der Waals surface area contributed by atoms with Crippen LogP contribution in [0.4, 0.5) is 0 Å². The van der Waals surface area contributed by atoms with E-state index in [1.807, 2.05) is 0 Å². The Labute approximate surface area is 112 Å². The van der Waals surface area contributed by atoms with Crippen LogP contribution in [0.1, 0.15) is 27.2 Å². The molecule has 1 fully saturated rings. The van der Waals surface area contributed by atoms with E-state index in [0.29, 0.717) is 6.42 Å². The van der Waals surface area contributed by atoms with Gasteiger partial charge in [0.05, 0.1) is 12.6 Å². The van der Waals surface area contributed by atoms with Crippen LogP contribution >= 0.6 is 0 Å². The lowest BCUT2D eigenvalue weighted by Gasteiger charge is -2.24. The predicted octanol–water partition coefficient (Wildman–Crippen LogP) is -1.40. The Hall–Kier alpha value is -1.63. The Morgan fingerprint density at radius 3 is 2.42 bits per heavy atom. The molecular formula is C12H21N3O4. The van der Waals surface area contributed by atoms with E-state index in [9.17, 15) is 19.5 Å². The van der Waals surface area contributed by atoms with Crippen molar-refractivity contribution in [2.75, 3.05) is 13.1 Å². The minimum atomic E-state index is -1.00. The fraction of sp³-hybridized carbons (Fsp3) is 0.750. The molecule has 1 aliphatic rings. The van der Waals surface area contributed by atoms with Gasteiger partial charge in [-0.2, -0.15) is 0 Å². The van der Waals surface area contributed by atoms with Crippen LogP contribution in [-0.4, -0.2) is 53.0 Å². The lowest BCUT2D eigenvalue weighted by molar-refractivity contribution is -0.140. The number of carbonyl (C=O) groups excluding carboxylic acids is 3. The summed E-state index contributed by atoms with van der Waals surface area (Å²) in [6, 6.07) is -1.00. The van der Waals surface area contributed by atoms with Gasteiger partial charge in [0, 0.05) is 12.0 Å². The first kappa shape index (κ1) is 15.4. The van der Waals surface area contributed by atoms with E-state index >= 15 is 0 Å². The number of carbonyl (C=O) groups is 3. The van der Waals surface area contributed by atoms with Crippen molar-refractivity contribution < 1.29 is 19.5 Å². The Balaban J connectivity index is 2.59. The highest BCUT2D eigenvalue weighted by Gasteiger charge is 2.39. The molecule has 0 spiro atoms. The fourth-order valence-corrected chi connectivity index (χ4v) is 1.92. The molecule has 4 N–H and O–H groups in total. The highest BCUT2D eigenvalue weighted by Crippen LogP contribution is 2.18. The van der Waals surface area contributed by atoms with Crippen LogP contribution in [0.2, 0.25) is 0 Å². The molecule has 1 aliphatic heterocycles. The fourth-order valence-electron chi connectivity index (χ4n) is 1.92. The molecule has 0 aromatic heterocycles. The van der Waals surface area contributed by atoms with Crippen LogP contribution in [0.3, 0.4) is 0 Å². The zero-order chi connectivity index (χ0) is 14.8. The highest BCUT2D eigenvalue weighted by atomic mass is 16.3. The van der Waals surface area contributed by atoms with E-state index < -0.39 is 29.4 Å². The third-order valence-corrected chi connectivity index (χ3v) is 3.06. The highest BCUT2D eigenvalue weighted by molar-refractivity contribution is 5.91. The number of primary amides is 1. The molecule has 108 valence electrons. The van der Waals surface area contributed by atoms with Gasteiger partial charge in [-0.25, -0.2) is 0 Å². The summed E-state index contributed by atoms with van der Waals surface area (Å²) in [4.78, 5) is 36.0. The molecule has 7 heteroatoms. The summed E-state index contributed by atoms with van der Waals surface area (Å²) in [5.41, 5.74) is 4.57. The monoisotopic (exact) mass is 271 g/mol. The topological polar surface area (TPSA) is 113 Å². The molecular weight excluding hydrogens is 250 g/mol. The number of nitrogens with one attached hydrogen (secondary N) is 1. The van der Waals surface area contributed by atoms with Crippen molar-refractivity contribution in [2.24, 2.45) is 11.1 Å². The molecule has 1 heterocycles. The second-order valence-corrected chi connectivity index (χ2v) is 5.72. The van der Waals surface area contributed by atoms with Crippen molar-refractivity contribution in [3.63, 3.8) is 0 Å². The Morgan fingerprint density at radius 2 is 1.95 bits per heavy atom. The number of hydrogen-bond donors (Lipinski definition) is 3. The van der Waals surface area contributed by atoms with Crippen LogP contribution in [0.25, 0.3) is 0 Å². The summed E-state index contributed by atoms with van der Waals surface area (Å²) in [6.45, 7) is 5.27. The van der Waals surface area contributed by atoms with Crippen LogP contribution < -0.4 is 11.1 Å². The number of likely N-dealkylation sites (tertiary alicyclic amines) is 1. The van der Waals surface area contributed by atoms with Crippen molar-refractivity contribution in [3.05, 3.63) is 0 Å². The van der Waals surface area contributed by atoms with Gasteiger partial charge in [0.1, 0.15) is 6.04 Å². The molecule has 0 bridgehead atoms. The quantitative estimate of drug-likeness (QED) is 0.585. The summed E-state index contributed by atoms with van der Waals surface area (Å²) in [6.07, 6.45) is -0.619. The maximum absolute atomic E-state index is 11.9. The number of nitrogens with two attached hydrogens (primary N) is 1. The molecule has 0 unspecified atom stereocenters. The molecule has 1 saturated heterocycles. The molecule has 0 saturated carbocycles. The number of aliphatic hydroxyl groups is 1. The van der Waals surface area contributed by atoms with E-state index in [2.05, 4.69) is 5.32 Å². The smallest absolute Gasteiger partial charge is 0.242 e. The largest absolute Gasteiger partial charge is 0.390 e. The van der Waals surface area contributed by atoms with Gasteiger partial charge in [-0.3, -0.25) is 14.4 Å². The Kier molecular flexibility index (Phi) is 4.52. The molecule has 3 amide bonds. The minimum absolute atomic E-state index is 0.202. The first-order valence-corrected chi connectivity index (χ1v) is 6.19. The van der Waals surface area contributed by atoms with Crippen molar-refractivity contribution in [1.29, 1.82) is 0 Å². The maximum atomic E-state index is 11.9. The summed E-state index contributed by atoms with van der Waals surface area (Å²) < 4.78 is 0. The average Bonchev–Trinajstić information content (AvgIpc) is 2.66. The SMILES string of the molecule is CC(C)(C)C(=O)NCC(=O)N1CC[C@H](O)[C@H]1C(N)=O. The molecule has 0 aromatic rings.